The molecule has 4 bridgehead atoms. The minimum Gasteiger partial charge on any atom is -0.377 e. The minimum absolute atomic E-state index is 0.109. The van der Waals surface area contributed by atoms with Crippen LogP contribution >= 0.6 is 0 Å². The van der Waals surface area contributed by atoms with Gasteiger partial charge in [-0.3, -0.25) is 19.4 Å². The summed E-state index contributed by atoms with van der Waals surface area (Å²) in [6.07, 6.45) is 3.91. The number of aromatic nitrogens is 2. The van der Waals surface area contributed by atoms with Gasteiger partial charge in [-0.05, 0) is 49.7 Å². The summed E-state index contributed by atoms with van der Waals surface area (Å²) in [5, 5.41) is 11.5. The van der Waals surface area contributed by atoms with Gasteiger partial charge in [-0.15, -0.1) is 0 Å². The molecule has 174 valence electrons. The Morgan fingerprint density at radius 1 is 0.697 bits per heavy atom. The van der Waals surface area contributed by atoms with Crippen LogP contribution in [-0.2, 0) is 13.1 Å². The second-order valence-electron chi connectivity index (χ2n) is 11.0. The fourth-order valence-electron chi connectivity index (χ4n) is 8.07. The molecule has 7 heteroatoms. The molecule has 7 rings (SSSR count). The monoisotopic (exact) mass is 448 g/mol. The van der Waals surface area contributed by atoms with Gasteiger partial charge >= 0.3 is 0 Å². The summed E-state index contributed by atoms with van der Waals surface area (Å²) in [6, 6.07) is 12.1. The summed E-state index contributed by atoms with van der Waals surface area (Å²) in [5.41, 5.74) is 2.54. The van der Waals surface area contributed by atoms with Crippen LogP contribution in [0.15, 0.2) is 46.0 Å². The number of pyridine rings is 2. The molecule has 5 aliphatic heterocycles. The van der Waals surface area contributed by atoms with E-state index in [1.807, 2.05) is 21.3 Å². The molecule has 0 saturated carbocycles. The maximum atomic E-state index is 12.5. The average Bonchev–Trinajstić information content (AvgIpc) is 2.80. The number of hydrogen-bond donors (Lipinski definition) is 1. The molecule has 5 aliphatic rings. The van der Waals surface area contributed by atoms with E-state index in [1.54, 1.807) is 12.1 Å². The molecule has 0 unspecified atom stereocenters. The number of hydrogen-bond acceptors (Lipinski definition) is 5. The first-order valence-electron chi connectivity index (χ1n) is 12.6. The minimum atomic E-state index is -0.484. The van der Waals surface area contributed by atoms with Crippen molar-refractivity contribution in [3.63, 3.8) is 0 Å². The summed E-state index contributed by atoms with van der Waals surface area (Å²) >= 11 is 0. The summed E-state index contributed by atoms with van der Waals surface area (Å²) in [6.45, 7) is 3.99. The molecule has 2 aromatic heterocycles. The van der Waals surface area contributed by atoms with Crippen molar-refractivity contribution in [1.82, 2.24) is 18.9 Å². The third-order valence-corrected chi connectivity index (χ3v) is 9.42. The summed E-state index contributed by atoms with van der Waals surface area (Å²) in [5.74, 6) is 1.55. The molecule has 0 amide bonds. The lowest BCUT2D eigenvalue weighted by Gasteiger charge is -2.55. The van der Waals surface area contributed by atoms with Crippen molar-refractivity contribution in [1.29, 1.82) is 0 Å². The van der Waals surface area contributed by atoms with E-state index in [0.29, 0.717) is 42.3 Å². The van der Waals surface area contributed by atoms with E-state index in [9.17, 15) is 14.7 Å². The first-order valence-corrected chi connectivity index (χ1v) is 12.6. The topological polar surface area (TPSA) is 70.7 Å². The quantitative estimate of drug-likeness (QED) is 0.660. The Hall–Kier alpha value is -2.22. The molecule has 7 heterocycles. The molecular weight excluding hydrogens is 416 g/mol. The lowest BCUT2D eigenvalue weighted by molar-refractivity contribution is -0.119. The third-order valence-electron chi connectivity index (χ3n) is 9.42. The Balaban J connectivity index is 1.20. The van der Waals surface area contributed by atoms with Gasteiger partial charge in [0.2, 0.25) is 0 Å². The maximum Gasteiger partial charge on any atom is 0.250 e. The molecule has 7 atom stereocenters. The van der Waals surface area contributed by atoms with Crippen LogP contribution in [0, 0.1) is 11.8 Å². The van der Waals surface area contributed by atoms with Gasteiger partial charge < -0.3 is 14.2 Å². The van der Waals surface area contributed by atoms with E-state index in [0.717, 1.165) is 57.6 Å². The molecule has 0 aromatic carbocycles. The molecule has 33 heavy (non-hydrogen) atoms. The molecule has 3 fully saturated rings. The van der Waals surface area contributed by atoms with Crippen molar-refractivity contribution in [2.24, 2.45) is 11.8 Å². The van der Waals surface area contributed by atoms with Crippen molar-refractivity contribution < 1.29 is 5.11 Å². The Morgan fingerprint density at radius 2 is 1.27 bits per heavy atom. The largest absolute Gasteiger partial charge is 0.377 e. The number of nitrogens with zero attached hydrogens (tertiary/aromatic N) is 4. The van der Waals surface area contributed by atoms with Crippen LogP contribution in [0.1, 0.15) is 48.9 Å². The van der Waals surface area contributed by atoms with Gasteiger partial charge in [0, 0.05) is 80.2 Å². The smallest absolute Gasteiger partial charge is 0.250 e. The second-order valence-corrected chi connectivity index (χ2v) is 11.0. The Bertz CT molecular complexity index is 1200. The molecule has 1 N–H and O–H groups in total. The first kappa shape index (κ1) is 20.2. The Kier molecular flexibility index (Phi) is 4.52. The van der Waals surface area contributed by atoms with Gasteiger partial charge in [0.25, 0.3) is 11.1 Å². The number of fused-ring (bicyclic) bond motifs is 12. The lowest BCUT2D eigenvalue weighted by Crippen LogP contribution is -2.63. The highest BCUT2D eigenvalue weighted by atomic mass is 16.3. The molecule has 3 saturated heterocycles. The van der Waals surface area contributed by atoms with Crippen molar-refractivity contribution in [2.75, 3.05) is 19.6 Å². The van der Waals surface area contributed by atoms with E-state index in [1.165, 1.54) is 5.69 Å². The highest BCUT2D eigenvalue weighted by Gasteiger charge is 2.48. The van der Waals surface area contributed by atoms with Crippen LogP contribution < -0.4 is 11.1 Å². The number of aliphatic hydroxyl groups is 1. The van der Waals surface area contributed by atoms with E-state index in [2.05, 4.69) is 21.9 Å². The zero-order valence-electron chi connectivity index (χ0n) is 18.9. The van der Waals surface area contributed by atoms with Crippen molar-refractivity contribution in [3.05, 3.63) is 68.5 Å². The zero-order valence-corrected chi connectivity index (χ0v) is 18.9. The number of rotatable bonds is 0. The molecule has 0 radical (unpaired) electrons. The zero-order chi connectivity index (χ0) is 22.3. The average molecular weight is 449 g/mol. The van der Waals surface area contributed by atoms with Crippen molar-refractivity contribution in [2.45, 2.75) is 68.9 Å². The SMILES string of the molecule is O=c1cccc2n1C[C@@H]1C[C@H]2CN2C[C@@H](O)N3C[C@@H]4C[C@@H](Cn5c4cccc5=O)[C@@H]3CC[C@@H]12. The van der Waals surface area contributed by atoms with Crippen LogP contribution in [0.3, 0.4) is 0 Å². The fourth-order valence-corrected chi connectivity index (χ4v) is 8.07. The first-order chi connectivity index (χ1) is 16.1. The lowest BCUT2D eigenvalue weighted by atomic mass is 9.72. The molecular formula is C26H32N4O3. The molecule has 7 nitrogen and oxygen atoms in total. The number of aliphatic hydroxyl groups excluding tert-OH is 1. The second kappa shape index (κ2) is 7.39. The predicted octanol–water partition coefficient (Wildman–Crippen LogP) is 1.40. The van der Waals surface area contributed by atoms with Crippen molar-refractivity contribution >= 4 is 0 Å². The standard InChI is InChI=1S/C26H32N4O3/c31-24-5-1-3-21-16-9-17(12-28(21)24)20-7-8-23-19-10-18(14-30(23)26(33)15-27(20)11-16)22-4-2-6-25(32)29(22)13-19/h1-6,16-20,23,26,33H,7-15H2/t16-,17-,18-,19-,20-,23-,26+/m0/s1. The highest BCUT2D eigenvalue weighted by Crippen LogP contribution is 2.45. The summed E-state index contributed by atoms with van der Waals surface area (Å²) in [4.78, 5) is 30.0. The van der Waals surface area contributed by atoms with Gasteiger partial charge in [-0.25, -0.2) is 0 Å². The maximum absolute atomic E-state index is 12.5. The van der Waals surface area contributed by atoms with Crippen molar-refractivity contribution in [3.8, 4) is 0 Å². The molecule has 0 aliphatic carbocycles. The van der Waals surface area contributed by atoms with E-state index >= 15 is 0 Å². The summed E-state index contributed by atoms with van der Waals surface area (Å²) < 4.78 is 4.00. The van der Waals surface area contributed by atoms with Gasteiger partial charge in [0.15, 0.2) is 0 Å². The predicted molar refractivity (Wildman–Crippen MR) is 124 cm³/mol. The normalized spacial score (nSPS) is 37.7. The van der Waals surface area contributed by atoms with E-state index in [-0.39, 0.29) is 11.1 Å². The van der Waals surface area contributed by atoms with Crippen LogP contribution in [-0.4, -0.2) is 62.0 Å². The number of piperidine rings is 2. The third kappa shape index (κ3) is 3.05. The molecule has 2 aromatic rings. The van der Waals surface area contributed by atoms with Crippen LogP contribution in [0.25, 0.3) is 0 Å². The fraction of sp³-hybridized carbons (Fsp3) is 0.615. The Labute approximate surface area is 193 Å². The van der Waals surface area contributed by atoms with Crippen LogP contribution in [0.4, 0.5) is 0 Å². The van der Waals surface area contributed by atoms with Gasteiger partial charge in [-0.1, -0.05) is 12.1 Å². The van der Waals surface area contributed by atoms with Gasteiger partial charge in [0.05, 0.1) is 0 Å². The van der Waals surface area contributed by atoms with Gasteiger partial charge in [0.1, 0.15) is 6.23 Å². The van der Waals surface area contributed by atoms with E-state index in [4.69, 9.17) is 0 Å². The Morgan fingerprint density at radius 3 is 1.94 bits per heavy atom. The van der Waals surface area contributed by atoms with Gasteiger partial charge in [-0.2, -0.15) is 0 Å². The van der Waals surface area contributed by atoms with Crippen LogP contribution in [0.2, 0.25) is 0 Å². The highest BCUT2D eigenvalue weighted by molar-refractivity contribution is 5.20. The summed E-state index contributed by atoms with van der Waals surface area (Å²) in [7, 11) is 0. The van der Waals surface area contributed by atoms with Crippen LogP contribution in [0.5, 0.6) is 0 Å². The molecule has 0 spiro atoms. The van der Waals surface area contributed by atoms with E-state index < -0.39 is 6.23 Å².